The van der Waals surface area contributed by atoms with E-state index in [4.69, 9.17) is 4.98 Å². The van der Waals surface area contributed by atoms with Gasteiger partial charge in [-0.25, -0.2) is 4.79 Å². The number of aromatic nitrogens is 1. The summed E-state index contributed by atoms with van der Waals surface area (Å²) in [5.41, 5.74) is 5.80. The Kier molecular flexibility index (Phi) is 6.37. The van der Waals surface area contributed by atoms with E-state index in [2.05, 4.69) is 16.0 Å². The molecule has 3 N–H and O–H groups in total. The van der Waals surface area contributed by atoms with Gasteiger partial charge in [-0.15, -0.1) is 0 Å². The van der Waals surface area contributed by atoms with Gasteiger partial charge in [-0.2, -0.15) is 0 Å². The van der Waals surface area contributed by atoms with Gasteiger partial charge in [0.15, 0.2) is 0 Å². The van der Waals surface area contributed by atoms with Crippen molar-refractivity contribution in [2.24, 2.45) is 0 Å². The standard InChI is InChI=1S/C27H27N5O4/c1-16-6-11-22-20(14-16)25(19-4-2-3-5-21(19)31-22)26(35)30-18-9-7-17(8-10-18)29-23(33)12-13-32-24(34)15-28-27(32)36/h6-11,14H,2-5,12-13,15H2,1H3,(H,28,36)(H,29,33)(H,30,35). The summed E-state index contributed by atoms with van der Waals surface area (Å²) in [6, 6.07) is 12.4. The summed E-state index contributed by atoms with van der Waals surface area (Å²) < 4.78 is 0. The maximum Gasteiger partial charge on any atom is 0.324 e. The van der Waals surface area contributed by atoms with Crippen molar-refractivity contribution in [3.63, 3.8) is 0 Å². The zero-order chi connectivity index (χ0) is 25.2. The quantitative estimate of drug-likeness (QED) is 0.461. The number of aryl methyl sites for hydroxylation is 2. The van der Waals surface area contributed by atoms with Crippen molar-refractivity contribution in [1.82, 2.24) is 15.2 Å². The lowest BCUT2D eigenvalue weighted by molar-refractivity contribution is -0.125. The highest BCUT2D eigenvalue weighted by atomic mass is 16.2. The summed E-state index contributed by atoms with van der Waals surface area (Å²) in [4.78, 5) is 54.8. The third-order valence-electron chi connectivity index (χ3n) is 6.57. The second-order valence-corrected chi connectivity index (χ2v) is 9.17. The van der Waals surface area contributed by atoms with Crippen LogP contribution in [-0.2, 0) is 22.4 Å². The molecule has 2 heterocycles. The molecule has 1 fully saturated rings. The van der Waals surface area contributed by atoms with Crippen LogP contribution in [0.2, 0.25) is 0 Å². The summed E-state index contributed by atoms with van der Waals surface area (Å²) in [7, 11) is 0. The lowest BCUT2D eigenvalue weighted by Crippen LogP contribution is -2.33. The molecule has 0 radical (unpaired) electrons. The Bertz CT molecular complexity index is 1370. The SMILES string of the molecule is Cc1ccc2nc3c(c(C(=O)Nc4ccc(NC(=O)CCN5C(=O)CNC5=O)cc4)c2c1)CCCC3. The molecular weight excluding hydrogens is 458 g/mol. The van der Waals surface area contributed by atoms with Gasteiger partial charge in [-0.3, -0.25) is 24.3 Å². The normalized spacial score (nSPS) is 15.0. The van der Waals surface area contributed by atoms with Crippen molar-refractivity contribution in [1.29, 1.82) is 0 Å². The van der Waals surface area contributed by atoms with E-state index in [0.717, 1.165) is 58.3 Å². The van der Waals surface area contributed by atoms with Gasteiger partial charge in [-0.1, -0.05) is 11.6 Å². The van der Waals surface area contributed by atoms with E-state index in [0.29, 0.717) is 16.9 Å². The molecule has 1 aromatic heterocycles. The van der Waals surface area contributed by atoms with E-state index in [1.54, 1.807) is 24.3 Å². The van der Waals surface area contributed by atoms with Crippen LogP contribution < -0.4 is 16.0 Å². The number of anilines is 2. The molecule has 1 aliphatic carbocycles. The number of rotatable bonds is 6. The van der Waals surface area contributed by atoms with Gasteiger partial charge in [0.2, 0.25) is 11.8 Å². The van der Waals surface area contributed by atoms with Gasteiger partial charge in [0.05, 0.1) is 17.6 Å². The summed E-state index contributed by atoms with van der Waals surface area (Å²) in [5.74, 6) is -0.827. The number of urea groups is 1. The molecule has 5 amide bonds. The second-order valence-electron chi connectivity index (χ2n) is 9.17. The van der Waals surface area contributed by atoms with Gasteiger partial charge in [0.25, 0.3) is 5.91 Å². The molecule has 0 saturated carbocycles. The predicted octanol–water partition coefficient (Wildman–Crippen LogP) is 3.55. The molecular formula is C27H27N5O4. The number of fused-ring (bicyclic) bond motifs is 2. The average molecular weight is 486 g/mol. The molecule has 36 heavy (non-hydrogen) atoms. The average Bonchev–Trinajstić information content (AvgIpc) is 3.19. The molecule has 0 spiro atoms. The van der Waals surface area contributed by atoms with Gasteiger partial charge in [0.1, 0.15) is 0 Å². The number of pyridine rings is 1. The van der Waals surface area contributed by atoms with Crippen LogP contribution in [0.3, 0.4) is 0 Å². The number of benzene rings is 2. The van der Waals surface area contributed by atoms with E-state index in [9.17, 15) is 19.2 Å². The van der Waals surface area contributed by atoms with Crippen LogP contribution in [0.5, 0.6) is 0 Å². The Hall–Kier alpha value is -4.27. The Morgan fingerprint density at radius 1 is 1.00 bits per heavy atom. The summed E-state index contributed by atoms with van der Waals surface area (Å²) in [6.07, 6.45) is 3.83. The van der Waals surface area contributed by atoms with Gasteiger partial charge in [0, 0.05) is 35.4 Å². The molecule has 9 heteroatoms. The van der Waals surface area contributed by atoms with Crippen molar-refractivity contribution >= 4 is 46.0 Å². The number of amides is 5. The number of nitrogens with one attached hydrogen (secondary N) is 3. The smallest absolute Gasteiger partial charge is 0.324 e. The van der Waals surface area contributed by atoms with Crippen molar-refractivity contribution in [2.45, 2.75) is 39.0 Å². The van der Waals surface area contributed by atoms with Crippen molar-refractivity contribution < 1.29 is 19.2 Å². The van der Waals surface area contributed by atoms with Crippen LogP contribution >= 0.6 is 0 Å². The van der Waals surface area contributed by atoms with Gasteiger partial charge in [-0.05, 0) is 74.6 Å². The Morgan fingerprint density at radius 3 is 2.44 bits per heavy atom. The Morgan fingerprint density at radius 2 is 1.72 bits per heavy atom. The monoisotopic (exact) mass is 485 g/mol. The second kappa shape index (κ2) is 9.77. The van der Waals surface area contributed by atoms with Crippen LogP contribution in [0.4, 0.5) is 16.2 Å². The zero-order valence-electron chi connectivity index (χ0n) is 20.0. The Labute approximate surface area is 208 Å². The first-order valence-electron chi connectivity index (χ1n) is 12.1. The minimum Gasteiger partial charge on any atom is -0.329 e. The fourth-order valence-electron chi connectivity index (χ4n) is 4.75. The molecule has 2 aliphatic rings. The van der Waals surface area contributed by atoms with Crippen LogP contribution in [0.15, 0.2) is 42.5 Å². The van der Waals surface area contributed by atoms with Crippen molar-refractivity contribution in [3.05, 3.63) is 64.8 Å². The lowest BCUT2D eigenvalue weighted by atomic mass is 9.89. The molecule has 1 saturated heterocycles. The Balaban J connectivity index is 1.28. The molecule has 5 rings (SSSR count). The molecule has 0 atom stereocenters. The van der Waals surface area contributed by atoms with Crippen molar-refractivity contribution in [3.8, 4) is 0 Å². The number of hydrogen-bond donors (Lipinski definition) is 3. The number of nitrogens with zero attached hydrogens (tertiary/aromatic N) is 2. The van der Waals surface area contributed by atoms with E-state index >= 15 is 0 Å². The minimum absolute atomic E-state index is 0.00269. The number of imide groups is 1. The maximum absolute atomic E-state index is 13.5. The number of hydrogen-bond acceptors (Lipinski definition) is 5. The summed E-state index contributed by atoms with van der Waals surface area (Å²) >= 11 is 0. The summed E-state index contributed by atoms with van der Waals surface area (Å²) in [6.45, 7) is 1.99. The van der Waals surface area contributed by atoms with Gasteiger partial charge >= 0.3 is 6.03 Å². The number of carbonyl (C=O) groups excluding carboxylic acids is 4. The lowest BCUT2D eigenvalue weighted by Gasteiger charge is -2.20. The largest absolute Gasteiger partial charge is 0.329 e. The highest BCUT2D eigenvalue weighted by Gasteiger charge is 2.28. The van der Waals surface area contributed by atoms with E-state index in [-0.39, 0.29) is 37.2 Å². The third kappa shape index (κ3) is 4.77. The molecule has 184 valence electrons. The molecule has 9 nitrogen and oxygen atoms in total. The molecule has 0 bridgehead atoms. The van der Waals surface area contributed by atoms with Crippen molar-refractivity contribution in [2.75, 3.05) is 23.7 Å². The van der Waals surface area contributed by atoms with Crippen LogP contribution in [-0.4, -0.2) is 46.7 Å². The highest BCUT2D eigenvalue weighted by molar-refractivity contribution is 6.14. The first-order valence-corrected chi connectivity index (χ1v) is 12.1. The van der Waals surface area contributed by atoms with Crippen LogP contribution in [0.1, 0.15) is 46.4 Å². The maximum atomic E-state index is 13.5. The highest BCUT2D eigenvalue weighted by Crippen LogP contribution is 2.30. The van der Waals surface area contributed by atoms with Crippen LogP contribution in [0.25, 0.3) is 10.9 Å². The zero-order valence-corrected chi connectivity index (χ0v) is 20.0. The van der Waals surface area contributed by atoms with E-state index in [1.165, 1.54) is 0 Å². The van der Waals surface area contributed by atoms with Gasteiger partial charge < -0.3 is 16.0 Å². The van der Waals surface area contributed by atoms with E-state index in [1.807, 2.05) is 25.1 Å². The van der Waals surface area contributed by atoms with E-state index < -0.39 is 6.03 Å². The fourth-order valence-corrected chi connectivity index (χ4v) is 4.75. The summed E-state index contributed by atoms with van der Waals surface area (Å²) in [5, 5.41) is 9.04. The minimum atomic E-state index is -0.480. The molecule has 3 aromatic rings. The topological polar surface area (TPSA) is 120 Å². The first-order chi connectivity index (χ1) is 17.4. The van der Waals surface area contributed by atoms with Crippen LogP contribution in [0, 0.1) is 6.92 Å². The number of carbonyl (C=O) groups is 4. The molecule has 1 aliphatic heterocycles. The molecule has 0 unspecified atom stereocenters. The molecule has 2 aromatic carbocycles. The fraction of sp³-hybridized carbons (Fsp3) is 0.296. The first kappa shape index (κ1) is 23.5. The third-order valence-corrected chi connectivity index (χ3v) is 6.57. The predicted molar refractivity (Wildman–Crippen MR) is 136 cm³/mol.